The molecule has 0 aliphatic carbocycles. The molecular weight excluding hydrogens is 407 g/mol. The van der Waals surface area contributed by atoms with E-state index in [0.717, 1.165) is 6.07 Å². The molecule has 0 bridgehead atoms. The molecule has 1 atom stereocenters. The Morgan fingerprint density at radius 2 is 1.83 bits per heavy atom. The Balaban J connectivity index is 2.02. The first-order valence-electron chi connectivity index (χ1n) is 8.53. The van der Waals surface area contributed by atoms with Crippen LogP contribution in [0.1, 0.15) is 24.2 Å². The topological polar surface area (TPSA) is 67.3 Å². The lowest BCUT2D eigenvalue weighted by atomic mass is 10.1. The van der Waals surface area contributed by atoms with Gasteiger partial charge in [-0.15, -0.1) is 0 Å². The maximum atomic E-state index is 13.0. The minimum Gasteiger partial charge on any atom is -0.467 e. The molecule has 3 aromatic rings. The number of hydrogen-bond donors (Lipinski definition) is 2. The van der Waals surface area contributed by atoms with E-state index in [4.69, 9.17) is 16.3 Å². The van der Waals surface area contributed by atoms with Crippen LogP contribution in [0.15, 0.2) is 48.5 Å². The molecule has 0 saturated heterocycles. The first-order valence-corrected chi connectivity index (χ1v) is 8.91. The molecule has 2 N–H and O–H groups in total. The van der Waals surface area contributed by atoms with Crippen LogP contribution < -0.4 is 10.1 Å². The molecule has 0 amide bonds. The minimum atomic E-state index is -4.55. The average Bonchev–Trinajstić information content (AvgIpc) is 2.66. The molecule has 0 radical (unpaired) electrons. The standard InChI is InChI=1S/C20H17ClF3N3O2/c1-11(28)13-5-3-4-6-16(13)25-18-10-17(26-19(27-18)29-2)12-7-8-14(15(21)9-12)20(22,23)24/h3-11,28H,1-2H3,(H,25,26,27)/t11-/m1/s1. The number of halogens is 4. The smallest absolute Gasteiger partial charge is 0.417 e. The molecule has 3 rings (SSSR count). The summed E-state index contributed by atoms with van der Waals surface area (Å²) in [5.41, 5.74) is 1.05. The maximum Gasteiger partial charge on any atom is 0.417 e. The van der Waals surface area contributed by atoms with Crippen molar-refractivity contribution in [2.75, 3.05) is 12.4 Å². The number of methoxy groups -OCH3 is 1. The molecule has 2 aromatic carbocycles. The van der Waals surface area contributed by atoms with Gasteiger partial charge in [0, 0.05) is 22.9 Å². The first-order chi connectivity index (χ1) is 13.7. The highest BCUT2D eigenvalue weighted by molar-refractivity contribution is 6.31. The summed E-state index contributed by atoms with van der Waals surface area (Å²) in [6, 6.07) is 12.1. The summed E-state index contributed by atoms with van der Waals surface area (Å²) in [6.45, 7) is 1.64. The molecular formula is C20H17ClF3N3O2. The molecule has 152 valence electrons. The number of aliphatic hydroxyl groups is 1. The summed E-state index contributed by atoms with van der Waals surface area (Å²) >= 11 is 5.82. The van der Waals surface area contributed by atoms with Crippen LogP contribution in [0.2, 0.25) is 5.02 Å². The average molecular weight is 424 g/mol. The number of hydrogen-bond acceptors (Lipinski definition) is 5. The van der Waals surface area contributed by atoms with Gasteiger partial charge in [0.05, 0.1) is 29.5 Å². The van der Waals surface area contributed by atoms with Crippen LogP contribution in [0.4, 0.5) is 24.7 Å². The highest BCUT2D eigenvalue weighted by Crippen LogP contribution is 2.37. The molecule has 0 spiro atoms. The highest BCUT2D eigenvalue weighted by Gasteiger charge is 2.33. The third kappa shape index (κ3) is 4.78. The fourth-order valence-corrected chi connectivity index (χ4v) is 3.03. The van der Waals surface area contributed by atoms with Crippen molar-refractivity contribution in [1.82, 2.24) is 9.97 Å². The van der Waals surface area contributed by atoms with Crippen LogP contribution >= 0.6 is 11.6 Å². The molecule has 0 aliphatic rings. The Hall–Kier alpha value is -2.84. The fourth-order valence-electron chi connectivity index (χ4n) is 2.75. The lowest BCUT2D eigenvalue weighted by Gasteiger charge is -2.15. The first kappa shape index (κ1) is 20.9. The third-order valence-electron chi connectivity index (χ3n) is 4.13. The lowest BCUT2D eigenvalue weighted by molar-refractivity contribution is -0.137. The van der Waals surface area contributed by atoms with Crippen LogP contribution in [-0.2, 0) is 6.18 Å². The highest BCUT2D eigenvalue weighted by atomic mass is 35.5. The molecule has 0 saturated carbocycles. The minimum absolute atomic E-state index is 0.0237. The van der Waals surface area contributed by atoms with Crippen LogP contribution in [0.5, 0.6) is 6.01 Å². The van der Waals surface area contributed by atoms with Gasteiger partial charge in [0.25, 0.3) is 0 Å². The van der Waals surface area contributed by atoms with E-state index in [1.54, 1.807) is 37.3 Å². The van der Waals surface area contributed by atoms with Crippen molar-refractivity contribution in [3.05, 3.63) is 64.7 Å². The third-order valence-corrected chi connectivity index (χ3v) is 4.44. The monoisotopic (exact) mass is 423 g/mol. The van der Waals surface area contributed by atoms with Gasteiger partial charge >= 0.3 is 12.2 Å². The van der Waals surface area contributed by atoms with Gasteiger partial charge in [-0.1, -0.05) is 35.9 Å². The van der Waals surface area contributed by atoms with Crippen LogP contribution in [0, 0.1) is 0 Å². The predicted octanol–water partition coefficient (Wildman–Crippen LogP) is 5.62. The second-order valence-corrected chi connectivity index (χ2v) is 6.61. The second kappa shape index (κ2) is 8.26. The summed E-state index contributed by atoms with van der Waals surface area (Å²) in [7, 11) is 1.38. The van der Waals surface area contributed by atoms with Gasteiger partial charge < -0.3 is 15.2 Å². The summed E-state index contributed by atoms with van der Waals surface area (Å²) in [6.07, 6.45) is -5.26. The Labute approximate surface area is 170 Å². The predicted molar refractivity (Wildman–Crippen MR) is 104 cm³/mol. The van der Waals surface area contributed by atoms with Gasteiger partial charge in [-0.2, -0.15) is 23.1 Å². The van der Waals surface area contributed by atoms with E-state index in [1.807, 2.05) is 0 Å². The molecule has 0 aliphatic heterocycles. The summed E-state index contributed by atoms with van der Waals surface area (Å²) < 4.78 is 44.0. The zero-order valence-corrected chi connectivity index (χ0v) is 16.2. The van der Waals surface area contributed by atoms with Gasteiger partial charge in [0.1, 0.15) is 5.82 Å². The largest absolute Gasteiger partial charge is 0.467 e. The maximum absolute atomic E-state index is 13.0. The van der Waals surface area contributed by atoms with Crippen molar-refractivity contribution >= 4 is 23.1 Å². The van der Waals surface area contributed by atoms with Gasteiger partial charge in [-0.05, 0) is 25.1 Å². The number of aromatic nitrogens is 2. The Morgan fingerprint density at radius 1 is 1.10 bits per heavy atom. The number of benzene rings is 2. The van der Waals surface area contributed by atoms with Crippen molar-refractivity contribution in [2.24, 2.45) is 0 Å². The molecule has 0 unspecified atom stereocenters. The molecule has 1 heterocycles. The fraction of sp³-hybridized carbons (Fsp3) is 0.200. The van der Waals surface area contributed by atoms with Crippen molar-refractivity contribution in [3.8, 4) is 17.3 Å². The SMILES string of the molecule is COc1nc(Nc2ccccc2[C@@H](C)O)cc(-c2ccc(C(F)(F)F)c(Cl)c2)n1. The number of aliphatic hydroxyl groups excluding tert-OH is 1. The van der Waals surface area contributed by atoms with Gasteiger partial charge in [-0.3, -0.25) is 0 Å². The number of rotatable bonds is 5. The van der Waals surface area contributed by atoms with E-state index in [2.05, 4.69) is 15.3 Å². The van der Waals surface area contributed by atoms with Crippen LogP contribution in [-0.4, -0.2) is 22.2 Å². The Kier molecular flexibility index (Phi) is 5.95. The van der Waals surface area contributed by atoms with Crippen molar-refractivity contribution in [1.29, 1.82) is 0 Å². The summed E-state index contributed by atoms with van der Waals surface area (Å²) in [5, 5.41) is 12.6. The van der Waals surface area contributed by atoms with E-state index in [-0.39, 0.29) is 6.01 Å². The summed E-state index contributed by atoms with van der Waals surface area (Å²) in [5.74, 6) is 0.343. The van der Waals surface area contributed by atoms with Crippen LogP contribution in [0.25, 0.3) is 11.3 Å². The number of alkyl halides is 3. The van der Waals surface area contributed by atoms with Gasteiger partial charge in [0.15, 0.2) is 0 Å². The number of nitrogens with one attached hydrogen (secondary N) is 1. The molecule has 1 aromatic heterocycles. The van der Waals surface area contributed by atoms with Crippen molar-refractivity contribution in [2.45, 2.75) is 19.2 Å². The molecule has 29 heavy (non-hydrogen) atoms. The molecule has 9 heteroatoms. The molecule has 0 fully saturated rings. The number of ether oxygens (including phenoxy) is 1. The van der Waals surface area contributed by atoms with Gasteiger partial charge in [-0.25, -0.2) is 0 Å². The number of para-hydroxylation sites is 1. The zero-order chi connectivity index (χ0) is 21.2. The zero-order valence-electron chi connectivity index (χ0n) is 15.5. The Morgan fingerprint density at radius 3 is 2.45 bits per heavy atom. The van der Waals surface area contributed by atoms with E-state index >= 15 is 0 Å². The van der Waals surface area contributed by atoms with Crippen molar-refractivity contribution in [3.63, 3.8) is 0 Å². The van der Waals surface area contributed by atoms with E-state index in [9.17, 15) is 18.3 Å². The second-order valence-electron chi connectivity index (χ2n) is 6.21. The van der Waals surface area contributed by atoms with Gasteiger partial charge in [0.2, 0.25) is 0 Å². The Bertz CT molecular complexity index is 1030. The summed E-state index contributed by atoms with van der Waals surface area (Å²) in [4.78, 5) is 8.40. The lowest BCUT2D eigenvalue weighted by Crippen LogP contribution is -2.06. The van der Waals surface area contributed by atoms with E-state index in [1.165, 1.54) is 19.2 Å². The van der Waals surface area contributed by atoms with E-state index in [0.29, 0.717) is 28.3 Å². The number of anilines is 2. The normalized spacial score (nSPS) is 12.5. The van der Waals surface area contributed by atoms with Crippen molar-refractivity contribution < 1.29 is 23.0 Å². The van der Waals surface area contributed by atoms with Crippen LogP contribution in [0.3, 0.4) is 0 Å². The number of nitrogens with zero attached hydrogens (tertiary/aromatic N) is 2. The quantitative estimate of drug-likeness (QED) is 0.557. The van der Waals surface area contributed by atoms with E-state index < -0.39 is 22.9 Å². The molecule has 5 nitrogen and oxygen atoms in total.